The molecule has 21 heavy (non-hydrogen) atoms. The number of hydrogen-bond donors (Lipinski definition) is 1. The second-order valence-corrected chi connectivity index (χ2v) is 4.95. The van der Waals surface area contributed by atoms with Gasteiger partial charge in [0.2, 0.25) is 0 Å². The Balaban J connectivity index is 2.33. The molecule has 0 amide bonds. The number of aliphatic hydroxyl groups excluding tert-OH is 1. The number of halogens is 5. The van der Waals surface area contributed by atoms with E-state index in [0.717, 1.165) is 18.2 Å². The lowest BCUT2D eigenvalue weighted by molar-refractivity contribution is -0.139. The van der Waals surface area contributed by atoms with Gasteiger partial charge < -0.3 is 5.11 Å². The highest BCUT2D eigenvalue weighted by atomic mass is 35.5. The van der Waals surface area contributed by atoms with Crippen molar-refractivity contribution < 1.29 is 22.7 Å². The summed E-state index contributed by atoms with van der Waals surface area (Å²) in [5.74, 6) is -0.564. The molecule has 1 nitrogen and oxygen atoms in total. The van der Waals surface area contributed by atoms with E-state index < -0.39 is 23.7 Å². The molecule has 0 heterocycles. The third-order valence-electron chi connectivity index (χ3n) is 3.05. The fraction of sp³-hybridized carbons (Fsp3) is 0.200. The largest absolute Gasteiger partial charge is 0.416 e. The van der Waals surface area contributed by atoms with Crippen LogP contribution in [0.1, 0.15) is 22.8 Å². The van der Waals surface area contributed by atoms with Gasteiger partial charge in [0.25, 0.3) is 0 Å². The average molecular weight is 319 g/mol. The molecule has 0 saturated heterocycles. The van der Waals surface area contributed by atoms with Gasteiger partial charge in [-0.2, -0.15) is 13.2 Å². The molecule has 0 radical (unpaired) electrons. The highest BCUT2D eigenvalue weighted by Gasteiger charge is 2.34. The van der Waals surface area contributed by atoms with Crippen molar-refractivity contribution in [3.63, 3.8) is 0 Å². The Morgan fingerprint density at radius 2 is 1.76 bits per heavy atom. The predicted octanol–water partition coefficient (Wildman–Crippen LogP) is 4.77. The molecule has 1 N–H and O–H groups in total. The van der Waals surface area contributed by atoms with Crippen LogP contribution in [0.15, 0.2) is 42.5 Å². The normalized spacial score (nSPS) is 13.2. The zero-order chi connectivity index (χ0) is 15.6. The highest BCUT2D eigenvalue weighted by Crippen LogP contribution is 2.35. The third-order valence-corrected chi connectivity index (χ3v) is 3.41. The molecule has 0 aliphatic heterocycles. The molecule has 2 aromatic carbocycles. The standard InChI is InChI=1S/C15H11ClF4O/c16-13-6-5-10(17)7-9(13)8-14(21)11-3-1-2-4-12(11)15(18,19)20/h1-7,14,21H,8H2. The first-order chi connectivity index (χ1) is 9.79. The molecule has 0 spiro atoms. The zero-order valence-corrected chi connectivity index (χ0v) is 11.4. The molecular formula is C15H11ClF4O. The van der Waals surface area contributed by atoms with E-state index in [1.807, 2.05) is 0 Å². The fourth-order valence-electron chi connectivity index (χ4n) is 2.06. The summed E-state index contributed by atoms with van der Waals surface area (Å²) in [5, 5.41) is 10.2. The minimum atomic E-state index is -4.57. The van der Waals surface area contributed by atoms with Gasteiger partial charge in [0.15, 0.2) is 0 Å². The van der Waals surface area contributed by atoms with Gasteiger partial charge in [-0.25, -0.2) is 4.39 Å². The first-order valence-electron chi connectivity index (χ1n) is 6.07. The molecule has 0 bridgehead atoms. The van der Waals surface area contributed by atoms with Gasteiger partial charge in [-0.05, 0) is 35.4 Å². The number of alkyl halides is 3. The first-order valence-corrected chi connectivity index (χ1v) is 6.45. The highest BCUT2D eigenvalue weighted by molar-refractivity contribution is 6.31. The van der Waals surface area contributed by atoms with E-state index in [9.17, 15) is 22.7 Å². The Kier molecular flexibility index (Phi) is 4.54. The van der Waals surface area contributed by atoms with Gasteiger partial charge in [-0.15, -0.1) is 0 Å². The molecule has 0 saturated carbocycles. The van der Waals surface area contributed by atoms with E-state index in [4.69, 9.17) is 11.6 Å². The molecule has 112 valence electrons. The summed E-state index contributed by atoms with van der Waals surface area (Å²) in [5.41, 5.74) is -0.920. The Labute approximate surface area is 123 Å². The lowest BCUT2D eigenvalue weighted by Crippen LogP contribution is -2.13. The van der Waals surface area contributed by atoms with Crippen LogP contribution in [0.4, 0.5) is 17.6 Å². The van der Waals surface area contributed by atoms with E-state index in [2.05, 4.69) is 0 Å². The van der Waals surface area contributed by atoms with Gasteiger partial charge >= 0.3 is 6.18 Å². The van der Waals surface area contributed by atoms with Gasteiger partial charge in [0, 0.05) is 11.4 Å². The lowest BCUT2D eigenvalue weighted by Gasteiger charge is -2.18. The maximum absolute atomic E-state index is 13.1. The molecule has 0 fully saturated rings. The maximum atomic E-state index is 13.1. The second-order valence-electron chi connectivity index (χ2n) is 4.54. The topological polar surface area (TPSA) is 20.2 Å². The molecular weight excluding hydrogens is 308 g/mol. The van der Waals surface area contributed by atoms with Crippen molar-refractivity contribution in [3.05, 3.63) is 70.0 Å². The molecule has 2 rings (SSSR count). The molecule has 1 atom stereocenters. The van der Waals surface area contributed by atoms with Crippen molar-refractivity contribution in [1.29, 1.82) is 0 Å². The quantitative estimate of drug-likeness (QED) is 0.808. The third kappa shape index (κ3) is 3.74. The van der Waals surface area contributed by atoms with Crippen LogP contribution in [0.2, 0.25) is 5.02 Å². The van der Waals surface area contributed by atoms with E-state index in [0.29, 0.717) is 0 Å². The Hall–Kier alpha value is -1.59. The summed E-state index contributed by atoms with van der Waals surface area (Å²) in [6.45, 7) is 0. The minimum absolute atomic E-state index is 0.194. The van der Waals surface area contributed by atoms with Crippen LogP contribution in [0.3, 0.4) is 0 Å². The minimum Gasteiger partial charge on any atom is -0.388 e. The lowest BCUT2D eigenvalue weighted by atomic mass is 9.96. The molecule has 1 unspecified atom stereocenters. The van der Waals surface area contributed by atoms with Crippen LogP contribution >= 0.6 is 11.6 Å². The van der Waals surface area contributed by atoms with E-state index in [-0.39, 0.29) is 22.6 Å². The SMILES string of the molecule is OC(Cc1cc(F)ccc1Cl)c1ccccc1C(F)(F)F. The van der Waals surface area contributed by atoms with Crippen molar-refractivity contribution in [2.75, 3.05) is 0 Å². The van der Waals surface area contributed by atoms with Crippen LogP contribution in [0.25, 0.3) is 0 Å². The van der Waals surface area contributed by atoms with E-state index in [1.165, 1.54) is 24.3 Å². The number of benzene rings is 2. The maximum Gasteiger partial charge on any atom is 0.416 e. The van der Waals surface area contributed by atoms with Crippen molar-refractivity contribution >= 4 is 11.6 Å². The predicted molar refractivity (Wildman–Crippen MR) is 71.5 cm³/mol. The summed E-state index contributed by atoms with van der Waals surface area (Å²) in [6, 6.07) is 8.28. The second kappa shape index (κ2) is 6.03. The summed E-state index contributed by atoms with van der Waals surface area (Å²) in [4.78, 5) is 0. The Morgan fingerprint density at radius 1 is 1.10 bits per heavy atom. The van der Waals surface area contributed by atoms with Crippen molar-refractivity contribution in [2.45, 2.75) is 18.7 Å². The van der Waals surface area contributed by atoms with Gasteiger partial charge in [-0.3, -0.25) is 0 Å². The molecule has 0 aliphatic rings. The fourth-order valence-corrected chi connectivity index (χ4v) is 2.26. The summed E-state index contributed by atoms with van der Waals surface area (Å²) >= 11 is 5.86. The summed E-state index contributed by atoms with van der Waals surface area (Å²) < 4.78 is 51.8. The van der Waals surface area contributed by atoms with Crippen LogP contribution in [0.5, 0.6) is 0 Å². The first kappa shape index (κ1) is 15.8. The number of rotatable bonds is 3. The molecule has 0 aromatic heterocycles. The smallest absolute Gasteiger partial charge is 0.388 e. The van der Waals surface area contributed by atoms with Crippen LogP contribution in [-0.2, 0) is 12.6 Å². The summed E-state index contributed by atoms with van der Waals surface area (Å²) in [6.07, 6.45) is -6.20. The number of aliphatic hydroxyl groups is 1. The molecule has 6 heteroatoms. The van der Waals surface area contributed by atoms with Crippen LogP contribution in [0, 0.1) is 5.82 Å². The Morgan fingerprint density at radius 3 is 2.43 bits per heavy atom. The van der Waals surface area contributed by atoms with Gasteiger partial charge in [-0.1, -0.05) is 29.8 Å². The zero-order valence-electron chi connectivity index (χ0n) is 10.7. The van der Waals surface area contributed by atoms with E-state index >= 15 is 0 Å². The van der Waals surface area contributed by atoms with E-state index in [1.54, 1.807) is 0 Å². The molecule has 2 aromatic rings. The monoisotopic (exact) mass is 318 g/mol. The van der Waals surface area contributed by atoms with Crippen molar-refractivity contribution in [3.8, 4) is 0 Å². The summed E-state index contributed by atoms with van der Waals surface area (Å²) in [7, 11) is 0. The van der Waals surface area contributed by atoms with Gasteiger partial charge in [0.1, 0.15) is 5.82 Å². The van der Waals surface area contributed by atoms with Crippen LogP contribution in [-0.4, -0.2) is 5.11 Å². The van der Waals surface area contributed by atoms with Crippen LogP contribution < -0.4 is 0 Å². The van der Waals surface area contributed by atoms with Crippen molar-refractivity contribution in [2.24, 2.45) is 0 Å². The van der Waals surface area contributed by atoms with Gasteiger partial charge in [0.05, 0.1) is 11.7 Å². The van der Waals surface area contributed by atoms with Crippen molar-refractivity contribution in [1.82, 2.24) is 0 Å². The average Bonchev–Trinajstić information content (AvgIpc) is 2.42. The molecule has 0 aliphatic carbocycles. The number of hydrogen-bond acceptors (Lipinski definition) is 1. The Bertz CT molecular complexity index is 640.